The van der Waals surface area contributed by atoms with E-state index in [4.69, 9.17) is 0 Å². The molecule has 0 saturated carbocycles. The third-order valence-corrected chi connectivity index (χ3v) is 1.89. The van der Waals surface area contributed by atoms with E-state index >= 15 is 0 Å². The van der Waals surface area contributed by atoms with Crippen LogP contribution in [0.25, 0.3) is 0 Å². The van der Waals surface area contributed by atoms with E-state index in [0.717, 1.165) is 13.1 Å². The molecule has 0 aromatic carbocycles. The molecule has 0 aliphatic carbocycles. The molecule has 0 aromatic heterocycles. The monoisotopic (exact) mass is 360 g/mol. The zero-order valence-electron chi connectivity index (χ0n) is 10.9. The Bertz CT molecular complexity index is 188. The molecule has 7 heteroatoms. The van der Waals surface area contributed by atoms with Gasteiger partial charge in [-0.2, -0.15) is 0 Å². The van der Waals surface area contributed by atoms with Gasteiger partial charge in [0.2, 0.25) is 0 Å². The molecule has 0 fully saturated rings. The van der Waals surface area contributed by atoms with E-state index in [-0.39, 0.29) is 19.5 Å². The van der Waals surface area contributed by atoms with Crippen molar-refractivity contribution < 1.29 is 19.5 Å². The van der Waals surface area contributed by atoms with Gasteiger partial charge in [0, 0.05) is 13.1 Å². The number of hydrogen-bond donors (Lipinski definition) is 2. The molecule has 0 spiro atoms. The first-order valence-electron chi connectivity index (χ1n) is 5.15. The van der Waals surface area contributed by atoms with Crippen LogP contribution in [-0.2, 0) is 44.7 Å². The number of rotatable bonds is 4. The first kappa shape index (κ1) is 23.0. The average Bonchev–Trinajstić information content (AvgIpc) is 2.12. The number of nitrogens with one attached hydrogen (secondary N) is 2. The fraction of sp³-hybridized carbons (Fsp3) is 0.800. The van der Waals surface area contributed by atoms with Crippen LogP contribution < -0.4 is 10.6 Å². The second-order valence-electron chi connectivity index (χ2n) is 4.12. The van der Waals surface area contributed by atoms with Gasteiger partial charge < -0.3 is 60.3 Å². The molecule has 2 nitrogen and oxygen atoms in total. The molecule has 0 unspecified atom stereocenters. The summed E-state index contributed by atoms with van der Waals surface area (Å²) >= 11 is 18.5. The van der Waals surface area contributed by atoms with Gasteiger partial charge in [-0.25, -0.2) is 0 Å². The Morgan fingerprint density at radius 2 is 1.12 bits per heavy atom. The third-order valence-electron chi connectivity index (χ3n) is 1.31. The van der Waals surface area contributed by atoms with E-state index in [1.807, 2.05) is 0 Å². The van der Waals surface area contributed by atoms with Gasteiger partial charge in [-0.05, 0) is 11.8 Å². The number of thiocarbonyl (C=S) groups is 2. The topological polar surface area (TPSA) is 24.1 Å². The molecule has 0 rings (SSSR count). The Balaban J connectivity index is -0.000000218. The van der Waals surface area contributed by atoms with Gasteiger partial charge in [-0.15, -0.1) is 0 Å². The molecule has 0 saturated heterocycles. The maximum Gasteiger partial charge on any atom is 2.00 e. The fourth-order valence-corrected chi connectivity index (χ4v) is 0.908. The molecule has 2 N–H and O–H groups in total. The minimum atomic E-state index is 0. The van der Waals surface area contributed by atoms with Crippen molar-refractivity contribution in [2.45, 2.75) is 27.7 Å². The van der Waals surface area contributed by atoms with Gasteiger partial charge in [-0.3, -0.25) is 0 Å². The Kier molecular flexibility index (Phi) is 20.1. The Morgan fingerprint density at radius 3 is 1.18 bits per heavy atom. The van der Waals surface area contributed by atoms with Crippen LogP contribution in [0.2, 0.25) is 0 Å². The standard InChI is InChI=1S/2C5H11NS2.Zn/c2*1-4(2)3-6-5(7)8;/h2*4H,3H2,1-2H3,(H2,6,7,8);/q;;+2/p-2. The second-order valence-corrected chi connectivity index (χ2v) is 6.27. The molecule has 0 aliphatic heterocycles. The van der Waals surface area contributed by atoms with Crippen LogP contribution in [0.4, 0.5) is 0 Å². The predicted molar refractivity (Wildman–Crippen MR) is 85.6 cm³/mol. The van der Waals surface area contributed by atoms with Gasteiger partial charge in [0.05, 0.1) is 0 Å². The summed E-state index contributed by atoms with van der Waals surface area (Å²) in [5.41, 5.74) is 0. The van der Waals surface area contributed by atoms with Crippen LogP contribution in [0.5, 0.6) is 0 Å². The van der Waals surface area contributed by atoms with Gasteiger partial charge in [0.15, 0.2) is 0 Å². The summed E-state index contributed by atoms with van der Waals surface area (Å²) in [6, 6.07) is 0. The molecule has 0 bridgehead atoms. The van der Waals surface area contributed by atoms with Crippen molar-refractivity contribution in [2.75, 3.05) is 13.1 Å². The summed E-state index contributed by atoms with van der Waals surface area (Å²) < 4.78 is 0.942. The smallest absolute Gasteiger partial charge is 0.412 e. The SMILES string of the molecule is CC(C)CNC(=S)[S-].CC(C)CNC(=S)[S-].[Zn+2]. The van der Waals surface area contributed by atoms with Crippen LogP contribution in [0, 0.1) is 11.8 Å². The summed E-state index contributed by atoms with van der Waals surface area (Å²) in [6.07, 6.45) is 0. The largest absolute Gasteiger partial charge is 2.00 e. The minimum Gasteiger partial charge on any atom is -0.412 e. The molecule has 17 heavy (non-hydrogen) atoms. The van der Waals surface area contributed by atoms with Gasteiger partial charge in [0.25, 0.3) is 0 Å². The molecule has 0 heterocycles. The number of hydrogen-bond acceptors (Lipinski definition) is 4. The molecule has 0 radical (unpaired) electrons. The first-order chi connectivity index (χ1) is 7.25. The summed E-state index contributed by atoms with van der Waals surface area (Å²) in [4.78, 5) is 0. The quantitative estimate of drug-likeness (QED) is 0.452. The summed E-state index contributed by atoms with van der Waals surface area (Å²) in [5.74, 6) is 1.24. The maximum atomic E-state index is 4.62. The van der Waals surface area contributed by atoms with Crippen LogP contribution in [0.3, 0.4) is 0 Å². The predicted octanol–water partition coefficient (Wildman–Crippen LogP) is 2.13. The van der Waals surface area contributed by atoms with E-state index in [0.29, 0.717) is 20.5 Å². The van der Waals surface area contributed by atoms with Crippen molar-refractivity contribution in [3.63, 3.8) is 0 Å². The Hall–Kier alpha value is 0.843. The van der Waals surface area contributed by atoms with Crippen molar-refractivity contribution >= 4 is 58.3 Å². The van der Waals surface area contributed by atoms with Gasteiger partial charge >= 0.3 is 19.5 Å². The minimum absolute atomic E-state index is 0. The Morgan fingerprint density at radius 1 is 0.882 bits per heavy atom. The van der Waals surface area contributed by atoms with E-state index in [1.165, 1.54) is 0 Å². The first-order valence-corrected chi connectivity index (χ1v) is 6.78. The Labute approximate surface area is 140 Å². The molecule has 96 valence electrons. The van der Waals surface area contributed by atoms with Crippen molar-refractivity contribution in [3.05, 3.63) is 0 Å². The molecule has 0 aromatic rings. The van der Waals surface area contributed by atoms with E-state index in [9.17, 15) is 0 Å². The van der Waals surface area contributed by atoms with Crippen molar-refractivity contribution in [1.82, 2.24) is 10.6 Å². The van der Waals surface area contributed by atoms with Crippen LogP contribution in [0.15, 0.2) is 0 Å². The van der Waals surface area contributed by atoms with Crippen LogP contribution in [0.1, 0.15) is 27.7 Å². The fourth-order valence-electron chi connectivity index (χ4n) is 0.575. The van der Waals surface area contributed by atoms with Crippen molar-refractivity contribution in [1.29, 1.82) is 0 Å². The van der Waals surface area contributed by atoms with E-state index < -0.39 is 0 Å². The average molecular weight is 362 g/mol. The van der Waals surface area contributed by atoms with Crippen molar-refractivity contribution in [3.8, 4) is 0 Å². The van der Waals surface area contributed by atoms with E-state index in [2.05, 4.69) is 88.0 Å². The van der Waals surface area contributed by atoms with E-state index in [1.54, 1.807) is 0 Å². The molecule has 0 amide bonds. The van der Waals surface area contributed by atoms with Crippen LogP contribution >= 0.6 is 24.4 Å². The second kappa shape index (κ2) is 14.9. The summed E-state index contributed by atoms with van der Waals surface area (Å²) in [5, 5.41) is 5.78. The molecular weight excluding hydrogens is 342 g/mol. The molecule has 0 atom stereocenters. The van der Waals surface area contributed by atoms with Gasteiger partial charge in [-0.1, -0.05) is 36.3 Å². The van der Waals surface area contributed by atoms with Crippen molar-refractivity contribution in [2.24, 2.45) is 11.8 Å². The third kappa shape index (κ3) is 31.6. The zero-order valence-corrected chi connectivity index (χ0v) is 17.1. The normalized spacial score (nSPS) is 8.82. The zero-order chi connectivity index (χ0) is 13.1. The van der Waals surface area contributed by atoms with Gasteiger partial charge in [0.1, 0.15) is 0 Å². The maximum absolute atomic E-state index is 4.62. The molecular formula is C10H20N2S4Zn. The summed E-state index contributed by atoms with van der Waals surface area (Å²) in [6.45, 7) is 10.2. The molecule has 0 aliphatic rings. The summed E-state index contributed by atoms with van der Waals surface area (Å²) in [7, 11) is 0. The van der Waals surface area contributed by atoms with Crippen LogP contribution in [-0.4, -0.2) is 21.7 Å².